The first-order valence-corrected chi connectivity index (χ1v) is 7.91. The number of piperidine rings is 1. The third-order valence-corrected chi connectivity index (χ3v) is 4.09. The molecule has 0 aromatic heterocycles. The van der Waals surface area contributed by atoms with Gasteiger partial charge in [-0.2, -0.15) is 0 Å². The van der Waals surface area contributed by atoms with E-state index < -0.39 is 0 Å². The van der Waals surface area contributed by atoms with Crippen molar-refractivity contribution >= 4 is 5.91 Å². The van der Waals surface area contributed by atoms with Gasteiger partial charge in [0.2, 0.25) is 0 Å². The molecule has 0 bridgehead atoms. The monoisotopic (exact) mass is 306 g/mol. The van der Waals surface area contributed by atoms with Gasteiger partial charge in [0.1, 0.15) is 5.75 Å². The van der Waals surface area contributed by atoms with Crippen molar-refractivity contribution in [3.8, 4) is 5.75 Å². The molecule has 1 aromatic carbocycles. The van der Waals surface area contributed by atoms with Crippen LogP contribution in [0.5, 0.6) is 5.75 Å². The van der Waals surface area contributed by atoms with Crippen molar-refractivity contribution < 1.29 is 14.3 Å². The summed E-state index contributed by atoms with van der Waals surface area (Å²) >= 11 is 0. The number of hydrogen-bond donors (Lipinski definition) is 1. The van der Waals surface area contributed by atoms with Crippen LogP contribution in [0.2, 0.25) is 0 Å². The van der Waals surface area contributed by atoms with Gasteiger partial charge in [-0.3, -0.25) is 4.79 Å². The molecule has 0 spiro atoms. The van der Waals surface area contributed by atoms with Gasteiger partial charge in [0.25, 0.3) is 5.91 Å². The Morgan fingerprint density at radius 1 is 1.36 bits per heavy atom. The van der Waals surface area contributed by atoms with Crippen LogP contribution < -0.4 is 10.5 Å². The van der Waals surface area contributed by atoms with E-state index in [0.717, 1.165) is 43.7 Å². The topological polar surface area (TPSA) is 64.8 Å². The van der Waals surface area contributed by atoms with Crippen LogP contribution in [0.1, 0.15) is 35.2 Å². The van der Waals surface area contributed by atoms with Gasteiger partial charge in [0, 0.05) is 25.3 Å². The molecule has 5 nitrogen and oxygen atoms in total. The summed E-state index contributed by atoms with van der Waals surface area (Å²) in [7, 11) is 1.63. The van der Waals surface area contributed by atoms with Gasteiger partial charge in [-0.15, -0.1) is 0 Å². The lowest BCUT2D eigenvalue weighted by molar-refractivity contribution is 0.00844. The second-order valence-electron chi connectivity index (χ2n) is 5.69. The second kappa shape index (κ2) is 8.15. The van der Waals surface area contributed by atoms with Crippen LogP contribution in [0.25, 0.3) is 0 Å². The zero-order valence-electron chi connectivity index (χ0n) is 13.5. The lowest BCUT2D eigenvalue weighted by atomic mass is 10.1. The molecular weight excluding hydrogens is 280 g/mol. The SMILES string of the molecule is COc1cc(C(=O)N2CCC(OCCCN)CC2)ccc1C. The van der Waals surface area contributed by atoms with Crippen molar-refractivity contribution in [2.45, 2.75) is 32.3 Å². The summed E-state index contributed by atoms with van der Waals surface area (Å²) in [6, 6.07) is 5.61. The standard InChI is InChI=1S/C17H26N2O3/c1-13-4-5-14(12-16(13)21-2)17(20)19-9-6-15(7-10-19)22-11-3-8-18/h4-5,12,15H,3,6-11,18H2,1-2H3. The van der Waals surface area contributed by atoms with Crippen LogP contribution in [-0.2, 0) is 4.74 Å². The van der Waals surface area contributed by atoms with E-state index in [1.165, 1.54) is 0 Å². The normalized spacial score (nSPS) is 15.9. The van der Waals surface area contributed by atoms with E-state index in [-0.39, 0.29) is 12.0 Å². The van der Waals surface area contributed by atoms with E-state index >= 15 is 0 Å². The molecule has 0 atom stereocenters. The molecule has 122 valence electrons. The minimum Gasteiger partial charge on any atom is -0.496 e. The Morgan fingerprint density at radius 2 is 2.09 bits per heavy atom. The molecule has 2 rings (SSSR count). The third-order valence-electron chi connectivity index (χ3n) is 4.09. The number of benzene rings is 1. The minimum absolute atomic E-state index is 0.0682. The van der Waals surface area contributed by atoms with E-state index in [4.69, 9.17) is 15.2 Å². The molecule has 0 aliphatic carbocycles. The van der Waals surface area contributed by atoms with Crippen LogP contribution in [0, 0.1) is 6.92 Å². The van der Waals surface area contributed by atoms with Gasteiger partial charge in [-0.25, -0.2) is 0 Å². The zero-order valence-corrected chi connectivity index (χ0v) is 13.5. The molecule has 1 amide bonds. The van der Waals surface area contributed by atoms with Crippen molar-refractivity contribution in [1.29, 1.82) is 0 Å². The smallest absolute Gasteiger partial charge is 0.253 e. The third kappa shape index (κ3) is 4.21. The van der Waals surface area contributed by atoms with Gasteiger partial charge in [-0.05, 0) is 50.4 Å². The second-order valence-corrected chi connectivity index (χ2v) is 5.69. The predicted octanol–water partition coefficient (Wildman–Crippen LogP) is 1.97. The molecule has 0 saturated carbocycles. The average Bonchev–Trinajstić information content (AvgIpc) is 2.55. The highest BCUT2D eigenvalue weighted by Gasteiger charge is 2.24. The van der Waals surface area contributed by atoms with Crippen LogP contribution in [0.3, 0.4) is 0 Å². The number of nitrogens with zero attached hydrogens (tertiary/aromatic N) is 1. The molecule has 1 fully saturated rings. The summed E-state index contributed by atoms with van der Waals surface area (Å²) < 4.78 is 11.1. The summed E-state index contributed by atoms with van der Waals surface area (Å²) in [5.74, 6) is 0.824. The van der Waals surface area contributed by atoms with Crippen LogP contribution in [0.4, 0.5) is 0 Å². The number of rotatable bonds is 6. The lowest BCUT2D eigenvalue weighted by Crippen LogP contribution is -2.41. The predicted molar refractivity (Wildman–Crippen MR) is 86.3 cm³/mol. The van der Waals surface area contributed by atoms with Crippen molar-refractivity contribution in [3.63, 3.8) is 0 Å². The minimum atomic E-state index is 0.0682. The van der Waals surface area contributed by atoms with E-state index in [9.17, 15) is 4.79 Å². The first-order chi connectivity index (χ1) is 10.7. The van der Waals surface area contributed by atoms with Crippen molar-refractivity contribution in [2.75, 3.05) is 33.4 Å². The van der Waals surface area contributed by atoms with Gasteiger partial charge in [-0.1, -0.05) is 6.07 Å². The Morgan fingerprint density at radius 3 is 2.73 bits per heavy atom. The van der Waals surface area contributed by atoms with Crippen LogP contribution >= 0.6 is 0 Å². The number of carbonyl (C=O) groups is 1. The fourth-order valence-corrected chi connectivity index (χ4v) is 2.69. The van der Waals surface area contributed by atoms with Crippen LogP contribution in [-0.4, -0.2) is 50.3 Å². The highest BCUT2D eigenvalue weighted by molar-refractivity contribution is 5.94. The Kier molecular flexibility index (Phi) is 6.21. The summed E-state index contributed by atoms with van der Waals surface area (Å²) in [5.41, 5.74) is 7.18. The number of hydrogen-bond acceptors (Lipinski definition) is 4. The number of nitrogens with two attached hydrogens (primary N) is 1. The van der Waals surface area contributed by atoms with E-state index in [2.05, 4.69) is 0 Å². The average molecular weight is 306 g/mol. The summed E-state index contributed by atoms with van der Waals surface area (Å²) in [6.07, 6.45) is 2.92. The quantitative estimate of drug-likeness (QED) is 0.816. The molecule has 1 aromatic rings. The van der Waals surface area contributed by atoms with Crippen LogP contribution in [0.15, 0.2) is 18.2 Å². The fraction of sp³-hybridized carbons (Fsp3) is 0.588. The van der Waals surface area contributed by atoms with E-state index in [0.29, 0.717) is 18.7 Å². The lowest BCUT2D eigenvalue weighted by Gasteiger charge is -2.32. The van der Waals surface area contributed by atoms with Gasteiger partial charge >= 0.3 is 0 Å². The maximum absolute atomic E-state index is 12.6. The molecule has 1 saturated heterocycles. The first-order valence-electron chi connectivity index (χ1n) is 7.91. The molecule has 0 unspecified atom stereocenters. The Balaban J connectivity index is 1.89. The highest BCUT2D eigenvalue weighted by atomic mass is 16.5. The first kappa shape index (κ1) is 16.8. The Hall–Kier alpha value is -1.59. The maximum atomic E-state index is 12.6. The van der Waals surface area contributed by atoms with Crippen molar-refractivity contribution in [2.24, 2.45) is 5.73 Å². The maximum Gasteiger partial charge on any atom is 0.253 e. The van der Waals surface area contributed by atoms with Crippen molar-refractivity contribution in [3.05, 3.63) is 29.3 Å². The van der Waals surface area contributed by atoms with Gasteiger partial charge in [0.15, 0.2) is 0 Å². The van der Waals surface area contributed by atoms with Crippen molar-refractivity contribution in [1.82, 2.24) is 4.90 Å². The van der Waals surface area contributed by atoms with E-state index in [1.807, 2.05) is 30.0 Å². The highest BCUT2D eigenvalue weighted by Crippen LogP contribution is 2.22. The largest absolute Gasteiger partial charge is 0.496 e. The summed E-state index contributed by atoms with van der Waals surface area (Å²) in [6.45, 7) is 4.82. The van der Waals surface area contributed by atoms with Gasteiger partial charge < -0.3 is 20.1 Å². The molecule has 0 radical (unpaired) electrons. The molecule has 1 heterocycles. The molecule has 2 N–H and O–H groups in total. The fourth-order valence-electron chi connectivity index (χ4n) is 2.69. The zero-order chi connectivity index (χ0) is 15.9. The molecule has 1 aliphatic heterocycles. The molecular formula is C17H26N2O3. The summed E-state index contributed by atoms with van der Waals surface area (Å²) in [4.78, 5) is 14.5. The summed E-state index contributed by atoms with van der Waals surface area (Å²) in [5, 5.41) is 0. The number of carbonyl (C=O) groups excluding carboxylic acids is 1. The number of amides is 1. The molecule has 22 heavy (non-hydrogen) atoms. The Bertz CT molecular complexity index is 497. The molecule has 1 aliphatic rings. The number of methoxy groups -OCH3 is 1. The number of likely N-dealkylation sites (tertiary alicyclic amines) is 1. The van der Waals surface area contributed by atoms with Gasteiger partial charge in [0.05, 0.1) is 13.2 Å². The molecule has 5 heteroatoms. The number of ether oxygens (including phenoxy) is 2. The Labute approximate surface area is 132 Å². The van der Waals surface area contributed by atoms with E-state index in [1.54, 1.807) is 7.11 Å². The number of aryl methyl sites for hydroxylation is 1.